The van der Waals surface area contributed by atoms with E-state index < -0.39 is 6.10 Å². The highest BCUT2D eigenvalue weighted by Crippen LogP contribution is 2.24. The van der Waals surface area contributed by atoms with Gasteiger partial charge in [0.25, 0.3) is 0 Å². The maximum atomic E-state index is 10.5. The topological polar surface area (TPSA) is 29.5 Å². The van der Waals surface area contributed by atoms with Crippen LogP contribution in [0.25, 0.3) is 0 Å². The van der Waals surface area contributed by atoms with Crippen LogP contribution >= 0.6 is 0 Å². The number of aryl methyl sites for hydroxylation is 1. The van der Waals surface area contributed by atoms with Crippen molar-refractivity contribution in [1.29, 1.82) is 0 Å². The Labute approximate surface area is 121 Å². The molecule has 106 valence electrons. The van der Waals surface area contributed by atoms with Crippen molar-refractivity contribution in [3.05, 3.63) is 71.3 Å². The first-order chi connectivity index (χ1) is 9.70. The second-order valence-corrected chi connectivity index (χ2v) is 5.05. The molecule has 2 rings (SSSR count). The molecule has 20 heavy (non-hydrogen) atoms. The average Bonchev–Trinajstić information content (AvgIpc) is 2.45. The van der Waals surface area contributed by atoms with Crippen molar-refractivity contribution in [3.8, 4) is 0 Å². The fourth-order valence-corrected chi connectivity index (χ4v) is 2.44. The van der Waals surface area contributed by atoms with Gasteiger partial charge in [-0.15, -0.1) is 0 Å². The molecule has 0 aromatic heterocycles. The van der Waals surface area contributed by atoms with Gasteiger partial charge in [0.1, 0.15) is 6.10 Å². The molecule has 1 N–H and O–H groups in total. The Morgan fingerprint density at radius 3 is 2.45 bits per heavy atom. The highest BCUT2D eigenvalue weighted by Gasteiger charge is 2.21. The molecular weight excluding hydrogens is 248 g/mol. The molecule has 2 nitrogen and oxygen atoms in total. The second-order valence-electron chi connectivity index (χ2n) is 5.05. The second kappa shape index (κ2) is 7.22. The number of rotatable bonds is 6. The van der Waals surface area contributed by atoms with Gasteiger partial charge in [-0.05, 0) is 25.0 Å². The molecule has 0 aliphatic rings. The van der Waals surface area contributed by atoms with Crippen LogP contribution in [0.3, 0.4) is 0 Å². The maximum Gasteiger partial charge on any atom is 0.109 e. The van der Waals surface area contributed by atoms with Crippen LogP contribution in [0.15, 0.2) is 54.6 Å². The number of ether oxygens (including phenoxy) is 1. The predicted octanol–water partition coefficient (Wildman–Crippen LogP) is 3.68. The molecule has 0 aliphatic heterocycles. The number of aliphatic hydroxyl groups is 1. The van der Waals surface area contributed by atoms with Crippen molar-refractivity contribution >= 4 is 0 Å². The summed E-state index contributed by atoms with van der Waals surface area (Å²) < 4.78 is 5.74. The molecule has 0 bridgehead atoms. The van der Waals surface area contributed by atoms with Crippen LogP contribution in [0.4, 0.5) is 0 Å². The van der Waals surface area contributed by atoms with Gasteiger partial charge in [0.2, 0.25) is 0 Å². The van der Waals surface area contributed by atoms with Gasteiger partial charge < -0.3 is 9.84 Å². The summed E-state index contributed by atoms with van der Waals surface area (Å²) in [6.07, 6.45) is -0.220. The Kier molecular flexibility index (Phi) is 5.33. The van der Waals surface area contributed by atoms with Crippen LogP contribution in [0.2, 0.25) is 0 Å². The minimum atomic E-state index is -0.542. The molecule has 0 radical (unpaired) electrons. The smallest absolute Gasteiger partial charge is 0.109 e. The third-order valence-corrected chi connectivity index (χ3v) is 3.35. The molecular formula is C18H22O2. The van der Waals surface area contributed by atoms with Crippen LogP contribution in [0.5, 0.6) is 0 Å². The molecule has 2 unspecified atom stereocenters. The Balaban J connectivity index is 2.13. The van der Waals surface area contributed by atoms with Crippen LogP contribution in [0, 0.1) is 6.92 Å². The summed E-state index contributed by atoms with van der Waals surface area (Å²) in [6, 6.07) is 18.2. The van der Waals surface area contributed by atoms with E-state index in [2.05, 4.69) is 19.1 Å². The van der Waals surface area contributed by atoms with E-state index in [4.69, 9.17) is 4.74 Å². The zero-order chi connectivity index (χ0) is 14.4. The molecule has 0 spiro atoms. The minimum absolute atomic E-state index is 0.276. The van der Waals surface area contributed by atoms with E-state index >= 15 is 0 Å². The number of hydrogen-bond donors (Lipinski definition) is 1. The standard InChI is InChI=1S/C18H22O2/c1-3-20-18(16-10-5-4-6-11-16)17(19)13-15-9-7-8-14(2)12-15/h4-12,17-19H,3,13H2,1-2H3. The van der Waals surface area contributed by atoms with E-state index in [0.29, 0.717) is 13.0 Å². The Bertz CT molecular complexity index is 522. The lowest BCUT2D eigenvalue weighted by atomic mass is 9.97. The molecule has 0 aliphatic carbocycles. The zero-order valence-corrected chi connectivity index (χ0v) is 12.1. The van der Waals surface area contributed by atoms with Gasteiger partial charge in [0.15, 0.2) is 0 Å². The molecule has 2 aromatic carbocycles. The summed E-state index contributed by atoms with van der Waals surface area (Å²) >= 11 is 0. The molecule has 2 atom stereocenters. The quantitative estimate of drug-likeness (QED) is 0.867. The lowest BCUT2D eigenvalue weighted by Gasteiger charge is -2.23. The lowest BCUT2D eigenvalue weighted by Crippen LogP contribution is -2.23. The summed E-state index contributed by atoms with van der Waals surface area (Å²) in [5.41, 5.74) is 3.37. The molecule has 0 amide bonds. The Hall–Kier alpha value is -1.64. The summed E-state index contributed by atoms with van der Waals surface area (Å²) in [6.45, 7) is 4.60. The normalized spacial score (nSPS) is 13.9. The lowest BCUT2D eigenvalue weighted by molar-refractivity contribution is -0.0339. The summed E-state index contributed by atoms with van der Waals surface area (Å²) in [4.78, 5) is 0. The molecule has 2 heteroatoms. The molecule has 0 saturated carbocycles. The van der Waals surface area contributed by atoms with Gasteiger partial charge in [-0.3, -0.25) is 0 Å². The number of aliphatic hydroxyl groups excluding tert-OH is 1. The maximum absolute atomic E-state index is 10.5. The van der Waals surface area contributed by atoms with Crippen molar-refractivity contribution in [1.82, 2.24) is 0 Å². The van der Waals surface area contributed by atoms with E-state index in [-0.39, 0.29) is 6.10 Å². The van der Waals surface area contributed by atoms with Crippen LogP contribution in [-0.2, 0) is 11.2 Å². The van der Waals surface area contributed by atoms with Crippen molar-refractivity contribution in [2.45, 2.75) is 32.5 Å². The number of hydrogen-bond acceptors (Lipinski definition) is 2. The molecule has 0 heterocycles. The molecule has 2 aromatic rings. The summed E-state index contributed by atoms with van der Waals surface area (Å²) in [5, 5.41) is 10.5. The van der Waals surface area contributed by atoms with Crippen molar-refractivity contribution in [2.24, 2.45) is 0 Å². The first-order valence-corrected chi connectivity index (χ1v) is 7.11. The van der Waals surface area contributed by atoms with Gasteiger partial charge in [-0.25, -0.2) is 0 Å². The molecule has 0 saturated heterocycles. The third-order valence-electron chi connectivity index (χ3n) is 3.35. The van der Waals surface area contributed by atoms with Crippen molar-refractivity contribution in [2.75, 3.05) is 6.61 Å². The van der Waals surface area contributed by atoms with Gasteiger partial charge in [-0.1, -0.05) is 60.2 Å². The van der Waals surface area contributed by atoms with Crippen LogP contribution in [-0.4, -0.2) is 17.8 Å². The fraction of sp³-hybridized carbons (Fsp3) is 0.333. The van der Waals surface area contributed by atoms with E-state index in [1.165, 1.54) is 5.56 Å². The Morgan fingerprint density at radius 2 is 1.80 bits per heavy atom. The predicted molar refractivity (Wildman–Crippen MR) is 81.7 cm³/mol. The van der Waals surface area contributed by atoms with Gasteiger partial charge in [-0.2, -0.15) is 0 Å². The van der Waals surface area contributed by atoms with Gasteiger partial charge in [0, 0.05) is 13.0 Å². The highest BCUT2D eigenvalue weighted by molar-refractivity contribution is 5.24. The highest BCUT2D eigenvalue weighted by atomic mass is 16.5. The van der Waals surface area contributed by atoms with E-state index in [1.807, 2.05) is 49.4 Å². The first kappa shape index (κ1) is 14.8. The monoisotopic (exact) mass is 270 g/mol. The van der Waals surface area contributed by atoms with Crippen molar-refractivity contribution < 1.29 is 9.84 Å². The Morgan fingerprint density at radius 1 is 1.05 bits per heavy atom. The average molecular weight is 270 g/mol. The zero-order valence-electron chi connectivity index (χ0n) is 12.1. The van der Waals surface area contributed by atoms with Crippen molar-refractivity contribution in [3.63, 3.8) is 0 Å². The largest absolute Gasteiger partial charge is 0.390 e. The van der Waals surface area contributed by atoms with Crippen LogP contribution < -0.4 is 0 Å². The SMILES string of the molecule is CCOC(c1ccccc1)C(O)Cc1cccc(C)c1. The minimum Gasteiger partial charge on any atom is -0.390 e. The fourth-order valence-electron chi connectivity index (χ4n) is 2.44. The van der Waals surface area contributed by atoms with E-state index in [0.717, 1.165) is 11.1 Å². The summed E-state index contributed by atoms with van der Waals surface area (Å²) in [7, 11) is 0. The summed E-state index contributed by atoms with van der Waals surface area (Å²) in [5.74, 6) is 0. The molecule has 0 fully saturated rings. The van der Waals surface area contributed by atoms with E-state index in [1.54, 1.807) is 0 Å². The number of benzene rings is 2. The third kappa shape index (κ3) is 3.92. The van der Waals surface area contributed by atoms with Crippen LogP contribution in [0.1, 0.15) is 29.7 Å². The first-order valence-electron chi connectivity index (χ1n) is 7.11. The van der Waals surface area contributed by atoms with Gasteiger partial charge in [0.05, 0.1) is 6.10 Å². The van der Waals surface area contributed by atoms with Gasteiger partial charge >= 0.3 is 0 Å². The van der Waals surface area contributed by atoms with E-state index in [9.17, 15) is 5.11 Å².